The number of aliphatic hydroxyl groups is 1. The zero-order valence-electron chi connectivity index (χ0n) is 16.9. The highest BCUT2D eigenvalue weighted by molar-refractivity contribution is 6.00. The quantitative estimate of drug-likeness (QED) is 0.439. The monoisotopic (exact) mass is 397 g/mol. The third-order valence-corrected chi connectivity index (χ3v) is 5.11. The van der Waals surface area contributed by atoms with Gasteiger partial charge in [-0.3, -0.25) is 0 Å². The predicted molar refractivity (Wildman–Crippen MR) is 113 cm³/mol. The molecule has 29 heavy (non-hydrogen) atoms. The number of carbonyl (C=O) groups is 1. The van der Waals surface area contributed by atoms with E-state index in [2.05, 4.69) is 16.5 Å². The minimum atomic E-state index is -0.559. The molecule has 0 radical (unpaired) electrons. The Labute approximate surface area is 170 Å². The van der Waals surface area contributed by atoms with Crippen LogP contribution in [0.25, 0.3) is 5.76 Å². The van der Waals surface area contributed by atoms with Crippen LogP contribution in [0.2, 0.25) is 0 Å². The van der Waals surface area contributed by atoms with E-state index in [9.17, 15) is 9.90 Å². The molecule has 1 fully saturated rings. The standard InChI is InChI=1S/C22H27N3O4/c1-4-15-12-17(28-3)13-19(23)20(15)22(27)29-14(2)18-6-5-9-24-21(18)25-10-7-16(26)8-11-25/h5-6,9,12-13,16,26H,2,4,7-8,10-11,23H2,1,3H3. The van der Waals surface area contributed by atoms with E-state index in [1.54, 1.807) is 31.5 Å². The summed E-state index contributed by atoms with van der Waals surface area (Å²) in [6, 6.07) is 6.98. The molecule has 3 N–H and O–H groups in total. The Balaban J connectivity index is 1.84. The van der Waals surface area contributed by atoms with Crippen LogP contribution in [0.3, 0.4) is 0 Å². The van der Waals surface area contributed by atoms with Crippen molar-refractivity contribution in [3.63, 3.8) is 0 Å². The van der Waals surface area contributed by atoms with Crippen molar-refractivity contribution >= 4 is 23.2 Å². The van der Waals surface area contributed by atoms with Crippen LogP contribution in [0.4, 0.5) is 11.5 Å². The number of methoxy groups -OCH3 is 1. The summed E-state index contributed by atoms with van der Waals surface area (Å²) in [5.41, 5.74) is 8.10. The molecule has 0 amide bonds. The maximum Gasteiger partial charge on any atom is 0.345 e. The first-order valence-corrected chi connectivity index (χ1v) is 9.70. The van der Waals surface area contributed by atoms with E-state index in [1.165, 1.54) is 0 Å². The predicted octanol–water partition coefficient (Wildman–Crippen LogP) is 3.02. The Morgan fingerprint density at radius 1 is 1.38 bits per heavy atom. The lowest BCUT2D eigenvalue weighted by Gasteiger charge is -2.31. The molecule has 3 rings (SSSR count). The first-order valence-electron chi connectivity index (χ1n) is 9.70. The molecule has 0 bridgehead atoms. The SMILES string of the molecule is C=C(OC(=O)c1c(N)cc(OC)cc1CC)c1cccnc1N1CCC(O)CC1. The maximum absolute atomic E-state index is 12.9. The fourth-order valence-electron chi connectivity index (χ4n) is 3.50. The van der Waals surface area contributed by atoms with Crippen LogP contribution in [0, 0.1) is 0 Å². The number of nitrogens with zero attached hydrogens (tertiary/aromatic N) is 2. The van der Waals surface area contributed by atoms with E-state index in [4.69, 9.17) is 15.2 Å². The molecule has 1 saturated heterocycles. The van der Waals surface area contributed by atoms with Crippen molar-refractivity contribution in [3.05, 3.63) is 53.7 Å². The normalized spacial score (nSPS) is 14.5. The number of nitrogens with two attached hydrogens (primary N) is 1. The van der Waals surface area contributed by atoms with Crippen molar-refractivity contribution in [2.45, 2.75) is 32.3 Å². The molecule has 1 aliphatic heterocycles. The zero-order chi connectivity index (χ0) is 21.0. The van der Waals surface area contributed by atoms with Crippen LogP contribution in [-0.2, 0) is 11.2 Å². The van der Waals surface area contributed by atoms with Crippen molar-refractivity contribution in [3.8, 4) is 5.75 Å². The molecule has 0 aliphatic carbocycles. The van der Waals surface area contributed by atoms with Gasteiger partial charge in [0.15, 0.2) is 0 Å². The second-order valence-electron chi connectivity index (χ2n) is 7.01. The Morgan fingerprint density at radius 2 is 2.10 bits per heavy atom. The van der Waals surface area contributed by atoms with Crippen molar-refractivity contribution in [2.24, 2.45) is 0 Å². The average Bonchev–Trinajstić information content (AvgIpc) is 2.73. The van der Waals surface area contributed by atoms with Crippen LogP contribution in [-0.4, -0.2) is 42.4 Å². The number of esters is 1. The van der Waals surface area contributed by atoms with Crippen LogP contribution in [0.5, 0.6) is 5.75 Å². The molecular weight excluding hydrogens is 370 g/mol. The van der Waals surface area contributed by atoms with Crippen LogP contribution in [0.1, 0.15) is 41.3 Å². The third kappa shape index (κ3) is 4.51. The number of hydrogen-bond donors (Lipinski definition) is 2. The molecule has 0 saturated carbocycles. The molecule has 2 heterocycles. The number of carbonyl (C=O) groups excluding carboxylic acids is 1. The van der Waals surface area contributed by atoms with Gasteiger partial charge in [0.2, 0.25) is 0 Å². The number of ether oxygens (including phenoxy) is 2. The summed E-state index contributed by atoms with van der Waals surface area (Å²) in [5.74, 6) is 0.935. The molecule has 1 aromatic heterocycles. The number of pyridine rings is 1. The number of aryl methyl sites for hydroxylation is 1. The van der Waals surface area contributed by atoms with E-state index in [-0.39, 0.29) is 11.9 Å². The van der Waals surface area contributed by atoms with E-state index in [0.29, 0.717) is 60.7 Å². The topological polar surface area (TPSA) is 97.9 Å². The average molecular weight is 397 g/mol. The van der Waals surface area contributed by atoms with E-state index in [1.807, 2.05) is 13.0 Å². The largest absolute Gasteiger partial charge is 0.497 e. The maximum atomic E-state index is 12.9. The van der Waals surface area contributed by atoms with Crippen molar-refractivity contribution in [1.29, 1.82) is 0 Å². The van der Waals surface area contributed by atoms with Crippen LogP contribution < -0.4 is 15.4 Å². The van der Waals surface area contributed by atoms with Gasteiger partial charge in [-0.15, -0.1) is 0 Å². The molecule has 2 aromatic rings. The number of aliphatic hydroxyl groups excluding tert-OH is 1. The number of piperidine rings is 1. The second-order valence-corrected chi connectivity index (χ2v) is 7.01. The van der Waals surface area contributed by atoms with Gasteiger partial charge in [-0.25, -0.2) is 9.78 Å². The molecule has 154 valence electrons. The van der Waals surface area contributed by atoms with Gasteiger partial charge < -0.3 is 25.2 Å². The van der Waals surface area contributed by atoms with E-state index >= 15 is 0 Å². The highest BCUT2D eigenvalue weighted by Crippen LogP contribution is 2.30. The number of rotatable bonds is 6. The summed E-state index contributed by atoms with van der Waals surface area (Å²) in [6.07, 6.45) is 3.35. The van der Waals surface area contributed by atoms with Gasteiger partial charge in [0, 0.05) is 25.4 Å². The van der Waals surface area contributed by atoms with Gasteiger partial charge >= 0.3 is 5.97 Å². The van der Waals surface area contributed by atoms with Gasteiger partial charge in [0.1, 0.15) is 17.3 Å². The fraction of sp³-hybridized carbons (Fsp3) is 0.364. The number of hydrogen-bond acceptors (Lipinski definition) is 7. The number of aromatic nitrogens is 1. The highest BCUT2D eigenvalue weighted by Gasteiger charge is 2.24. The Hall–Kier alpha value is -3.06. The van der Waals surface area contributed by atoms with E-state index in [0.717, 1.165) is 5.56 Å². The third-order valence-electron chi connectivity index (χ3n) is 5.11. The van der Waals surface area contributed by atoms with Gasteiger partial charge in [0.05, 0.1) is 30.0 Å². The van der Waals surface area contributed by atoms with Gasteiger partial charge in [0.25, 0.3) is 0 Å². The molecular formula is C22H27N3O4. The second kappa shape index (κ2) is 8.96. The van der Waals surface area contributed by atoms with Crippen molar-refractivity contribution < 1.29 is 19.4 Å². The summed E-state index contributed by atoms with van der Waals surface area (Å²) >= 11 is 0. The summed E-state index contributed by atoms with van der Waals surface area (Å²) in [7, 11) is 1.55. The Bertz CT molecular complexity index is 905. The lowest BCUT2D eigenvalue weighted by Crippen LogP contribution is -2.36. The molecule has 0 spiro atoms. The number of anilines is 2. The summed E-state index contributed by atoms with van der Waals surface area (Å²) in [4.78, 5) is 19.4. The Kier molecular flexibility index (Phi) is 6.39. The number of nitrogen functional groups attached to an aromatic ring is 1. The van der Waals surface area contributed by atoms with Gasteiger partial charge in [-0.05, 0) is 43.0 Å². The van der Waals surface area contributed by atoms with Crippen molar-refractivity contribution in [2.75, 3.05) is 30.8 Å². The molecule has 1 aliphatic rings. The summed E-state index contributed by atoms with van der Waals surface area (Å²) < 4.78 is 10.8. The molecule has 7 nitrogen and oxygen atoms in total. The first kappa shape index (κ1) is 20.7. The van der Waals surface area contributed by atoms with E-state index < -0.39 is 5.97 Å². The minimum absolute atomic E-state index is 0.210. The van der Waals surface area contributed by atoms with Crippen LogP contribution in [0.15, 0.2) is 37.0 Å². The lowest BCUT2D eigenvalue weighted by atomic mass is 10.0. The van der Waals surface area contributed by atoms with Gasteiger partial charge in [-0.1, -0.05) is 13.5 Å². The smallest absolute Gasteiger partial charge is 0.345 e. The first-order chi connectivity index (χ1) is 13.9. The summed E-state index contributed by atoms with van der Waals surface area (Å²) in [5, 5.41) is 9.76. The number of benzene rings is 1. The molecule has 0 atom stereocenters. The van der Waals surface area contributed by atoms with Gasteiger partial charge in [-0.2, -0.15) is 0 Å². The molecule has 7 heteroatoms. The Morgan fingerprint density at radius 3 is 2.76 bits per heavy atom. The molecule has 1 aromatic carbocycles. The minimum Gasteiger partial charge on any atom is -0.497 e. The van der Waals surface area contributed by atoms with Crippen molar-refractivity contribution in [1.82, 2.24) is 4.98 Å². The summed E-state index contributed by atoms with van der Waals surface area (Å²) in [6.45, 7) is 7.25. The van der Waals surface area contributed by atoms with Crippen LogP contribution >= 0.6 is 0 Å². The lowest BCUT2D eigenvalue weighted by molar-refractivity contribution is 0.0693. The molecule has 0 unspecified atom stereocenters. The fourth-order valence-corrected chi connectivity index (χ4v) is 3.50. The zero-order valence-corrected chi connectivity index (χ0v) is 16.9. The highest BCUT2D eigenvalue weighted by atomic mass is 16.5.